The number of hydrogen-bond donors (Lipinski definition) is 1. The molecule has 1 N–H and O–H groups in total. The lowest BCUT2D eigenvalue weighted by Crippen LogP contribution is -2.46. The van der Waals surface area contributed by atoms with Crippen molar-refractivity contribution in [2.24, 2.45) is 5.92 Å². The molecule has 1 aliphatic carbocycles. The molecule has 1 aromatic carbocycles. The van der Waals surface area contributed by atoms with Gasteiger partial charge in [0, 0.05) is 10.9 Å². The summed E-state index contributed by atoms with van der Waals surface area (Å²) in [6.45, 7) is 7.57. The topological polar surface area (TPSA) is 29.1 Å². The maximum Gasteiger partial charge on any atom is 0.0576 e. The Morgan fingerprint density at radius 3 is 2.85 bits per heavy atom. The number of hydrogen-bond acceptors (Lipinski definition) is 2. The van der Waals surface area contributed by atoms with Crippen molar-refractivity contribution in [2.75, 3.05) is 6.54 Å². The Hall–Kier alpha value is -0.670. The summed E-state index contributed by atoms with van der Waals surface area (Å²) in [5.41, 5.74) is 1.19. The van der Waals surface area contributed by atoms with Gasteiger partial charge in [-0.25, -0.2) is 0 Å². The fourth-order valence-corrected chi connectivity index (χ4v) is 4.94. The first-order valence-electron chi connectivity index (χ1n) is 7.82. The van der Waals surface area contributed by atoms with Crippen LogP contribution in [0.3, 0.4) is 0 Å². The van der Waals surface area contributed by atoms with Gasteiger partial charge in [-0.05, 0) is 62.8 Å². The van der Waals surface area contributed by atoms with Crippen LogP contribution in [0.4, 0.5) is 0 Å². The van der Waals surface area contributed by atoms with Gasteiger partial charge in [-0.15, -0.1) is 0 Å². The fraction of sp³-hybridized carbons (Fsp3) is 0.647. The summed E-state index contributed by atoms with van der Waals surface area (Å²) in [4.78, 5) is 0.993. The lowest BCUT2D eigenvalue weighted by atomic mass is 9.87. The van der Waals surface area contributed by atoms with Crippen LogP contribution in [-0.4, -0.2) is 22.0 Å². The molecule has 0 heterocycles. The third-order valence-electron chi connectivity index (χ3n) is 4.21. The Morgan fingerprint density at radius 2 is 2.15 bits per heavy atom. The van der Waals surface area contributed by atoms with Crippen molar-refractivity contribution in [3.63, 3.8) is 0 Å². The second kappa shape index (κ2) is 7.37. The zero-order valence-electron chi connectivity index (χ0n) is 12.9. The maximum absolute atomic E-state index is 12.9. The van der Waals surface area contributed by atoms with E-state index in [-0.39, 0.29) is 5.25 Å². The van der Waals surface area contributed by atoms with E-state index in [1.807, 2.05) is 12.1 Å². The summed E-state index contributed by atoms with van der Waals surface area (Å²) in [5, 5.41) is 3.87. The van der Waals surface area contributed by atoms with Crippen molar-refractivity contribution in [1.29, 1.82) is 0 Å². The molecule has 112 valence electrons. The van der Waals surface area contributed by atoms with E-state index in [0.29, 0.717) is 12.0 Å². The van der Waals surface area contributed by atoms with Crippen LogP contribution in [0.25, 0.3) is 0 Å². The van der Waals surface area contributed by atoms with Crippen molar-refractivity contribution in [3.05, 3.63) is 29.8 Å². The van der Waals surface area contributed by atoms with E-state index in [2.05, 4.69) is 38.2 Å². The molecule has 1 aromatic rings. The molecule has 1 aliphatic rings. The molecular formula is C17H27NOS. The SMILES string of the molecule is CCCNC1CCC(C)CC1S(=O)c1cccc(C)c1. The molecule has 0 saturated heterocycles. The number of nitrogens with one attached hydrogen (secondary N) is 1. The van der Waals surface area contributed by atoms with E-state index >= 15 is 0 Å². The average molecular weight is 293 g/mol. The smallest absolute Gasteiger partial charge is 0.0576 e. The highest BCUT2D eigenvalue weighted by Crippen LogP contribution is 2.30. The minimum absolute atomic E-state index is 0.257. The molecule has 0 spiro atoms. The Morgan fingerprint density at radius 1 is 1.35 bits per heavy atom. The van der Waals surface area contributed by atoms with Crippen LogP contribution < -0.4 is 5.32 Å². The third kappa shape index (κ3) is 3.92. The lowest BCUT2D eigenvalue weighted by Gasteiger charge is -2.35. The minimum atomic E-state index is -0.897. The van der Waals surface area contributed by atoms with Crippen LogP contribution in [0, 0.1) is 12.8 Å². The number of benzene rings is 1. The first kappa shape index (κ1) is 15.7. The minimum Gasteiger partial charge on any atom is -0.313 e. The molecule has 0 aliphatic heterocycles. The second-order valence-electron chi connectivity index (χ2n) is 6.13. The Bertz CT molecular complexity index is 458. The lowest BCUT2D eigenvalue weighted by molar-refractivity contribution is 0.313. The van der Waals surface area contributed by atoms with Crippen LogP contribution in [0.2, 0.25) is 0 Å². The predicted molar refractivity (Wildman–Crippen MR) is 86.5 cm³/mol. The monoisotopic (exact) mass is 293 g/mol. The Kier molecular flexibility index (Phi) is 5.79. The normalized spacial score (nSPS) is 28.2. The van der Waals surface area contributed by atoms with Crippen LogP contribution >= 0.6 is 0 Å². The average Bonchev–Trinajstić information content (AvgIpc) is 2.45. The Balaban J connectivity index is 2.14. The molecule has 0 amide bonds. The molecule has 1 fully saturated rings. The summed E-state index contributed by atoms with van der Waals surface area (Å²) in [6.07, 6.45) is 4.62. The number of rotatable bonds is 5. The van der Waals surface area contributed by atoms with E-state index in [1.54, 1.807) is 0 Å². The highest BCUT2D eigenvalue weighted by Gasteiger charge is 2.33. The van der Waals surface area contributed by atoms with Gasteiger partial charge < -0.3 is 5.32 Å². The van der Waals surface area contributed by atoms with E-state index in [0.717, 1.165) is 30.7 Å². The first-order valence-corrected chi connectivity index (χ1v) is 9.03. The van der Waals surface area contributed by atoms with Gasteiger partial charge in [0.25, 0.3) is 0 Å². The quantitative estimate of drug-likeness (QED) is 0.897. The van der Waals surface area contributed by atoms with Gasteiger partial charge in [-0.2, -0.15) is 0 Å². The zero-order chi connectivity index (χ0) is 14.5. The summed E-state index contributed by atoms with van der Waals surface area (Å²) in [6, 6.07) is 8.58. The summed E-state index contributed by atoms with van der Waals surface area (Å²) < 4.78 is 12.9. The van der Waals surface area contributed by atoms with Crippen LogP contribution in [-0.2, 0) is 10.8 Å². The molecule has 0 aromatic heterocycles. The predicted octanol–water partition coefficient (Wildman–Crippen LogP) is 3.66. The van der Waals surface area contributed by atoms with Crippen molar-refractivity contribution in [3.8, 4) is 0 Å². The molecule has 4 unspecified atom stereocenters. The van der Waals surface area contributed by atoms with Crippen LogP contribution in [0.5, 0.6) is 0 Å². The van der Waals surface area contributed by atoms with Gasteiger partial charge in [0.2, 0.25) is 0 Å². The molecule has 2 rings (SSSR count). The molecule has 20 heavy (non-hydrogen) atoms. The highest BCUT2D eigenvalue weighted by atomic mass is 32.2. The molecular weight excluding hydrogens is 266 g/mol. The summed E-state index contributed by atoms with van der Waals surface area (Å²) in [7, 11) is -0.897. The van der Waals surface area contributed by atoms with Crippen molar-refractivity contribution < 1.29 is 4.21 Å². The van der Waals surface area contributed by atoms with Gasteiger partial charge in [-0.3, -0.25) is 4.21 Å². The summed E-state index contributed by atoms with van der Waals surface area (Å²) >= 11 is 0. The fourth-order valence-electron chi connectivity index (χ4n) is 3.04. The molecule has 0 radical (unpaired) electrons. The molecule has 0 bridgehead atoms. The maximum atomic E-state index is 12.9. The van der Waals surface area contributed by atoms with Gasteiger partial charge in [0.1, 0.15) is 0 Å². The number of aryl methyl sites for hydroxylation is 1. The highest BCUT2D eigenvalue weighted by molar-refractivity contribution is 7.85. The van der Waals surface area contributed by atoms with Crippen molar-refractivity contribution in [2.45, 2.75) is 62.6 Å². The Labute approximate surface area is 125 Å². The van der Waals surface area contributed by atoms with Crippen molar-refractivity contribution in [1.82, 2.24) is 5.32 Å². The van der Waals surface area contributed by atoms with Gasteiger partial charge in [0.05, 0.1) is 16.0 Å². The summed E-state index contributed by atoms with van der Waals surface area (Å²) in [5.74, 6) is 0.688. The van der Waals surface area contributed by atoms with Crippen molar-refractivity contribution >= 4 is 10.8 Å². The van der Waals surface area contributed by atoms with Gasteiger partial charge >= 0.3 is 0 Å². The van der Waals surface area contributed by atoms with E-state index < -0.39 is 10.8 Å². The van der Waals surface area contributed by atoms with E-state index in [9.17, 15) is 4.21 Å². The van der Waals surface area contributed by atoms with E-state index in [1.165, 1.54) is 12.0 Å². The van der Waals surface area contributed by atoms with E-state index in [4.69, 9.17) is 0 Å². The molecule has 4 atom stereocenters. The zero-order valence-corrected chi connectivity index (χ0v) is 13.7. The van der Waals surface area contributed by atoms with Crippen LogP contribution in [0.1, 0.15) is 45.1 Å². The van der Waals surface area contributed by atoms with Crippen LogP contribution in [0.15, 0.2) is 29.2 Å². The molecule has 2 nitrogen and oxygen atoms in total. The third-order valence-corrected chi connectivity index (χ3v) is 6.00. The van der Waals surface area contributed by atoms with Gasteiger partial charge in [0.15, 0.2) is 0 Å². The second-order valence-corrected chi connectivity index (χ2v) is 7.80. The van der Waals surface area contributed by atoms with Gasteiger partial charge in [-0.1, -0.05) is 26.0 Å². The first-order chi connectivity index (χ1) is 9.61. The standard InChI is InChI=1S/C17H27NOS/c1-4-10-18-16-9-8-14(3)12-17(16)20(19)15-7-5-6-13(2)11-15/h5-7,11,14,16-18H,4,8-10,12H2,1-3H3. The largest absolute Gasteiger partial charge is 0.313 e. The molecule has 1 saturated carbocycles. The molecule has 3 heteroatoms.